The lowest BCUT2D eigenvalue weighted by Gasteiger charge is -2.31. The number of rotatable bonds is 3. The van der Waals surface area contributed by atoms with Crippen LogP contribution < -0.4 is 10.1 Å². The Kier molecular flexibility index (Phi) is 4.41. The van der Waals surface area contributed by atoms with Crippen molar-refractivity contribution in [2.75, 3.05) is 33.4 Å². The molecule has 1 aromatic rings. The van der Waals surface area contributed by atoms with E-state index < -0.39 is 0 Å². The van der Waals surface area contributed by atoms with Crippen molar-refractivity contribution in [3.05, 3.63) is 29.8 Å². The molecule has 2 saturated heterocycles. The van der Waals surface area contributed by atoms with Crippen LogP contribution >= 0.6 is 0 Å². The molecule has 0 bridgehead atoms. The van der Waals surface area contributed by atoms with E-state index in [0.29, 0.717) is 13.2 Å². The van der Waals surface area contributed by atoms with Gasteiger partial charge < -0.3 is 19.7 Å². The number of carbonyl (C=O) groups excluding carboxylic acids is 1. The second-order valence-electron chi connectivity index (χ2n) is 5.50. The summed E-state index contributed by atoms with van der Waals surface area (Å²) in [6.45, 7) is 2.82. The highest BCUT2D eigenvalue weighted by atomic mass is 16.5. The van der Waals surface area contributed by atoms with Gasteiger partial charge in [0, 0.05) is 25.2 Å². The second kappa shape index (κ2) is 6.45. The maximum Gasteiger partial charge on any atom is 0.253 e. The van der Waals surface area contributed by atoms with Crippen LogP contribution in [0.3, 0.4) is 0 Å². The fourth-order valence-corrected chi connectivity index (χ4v) is 3.20. The van der Waals surface area contributed by atoms with Crippen LogP contribution in [0, 0.1) is 0 Å². The van der Waals surface area contributed by atoms with Gasteiger partial charge in [-0.15, -0.1) is 0 Å². The molecule has 1 amide bonds. The monoisotopic (exact) mass is 290 g/mol. The Hall–Kier alpha value is -1.59. The molecule has 3 rings (SSSR count). The SMILES string of the molecule is COc1ccccc1C1CCCN1C(=O)C1CNCCO1. The Morgan fingerprint density at radius 1 is 1.43 bits per heavy atom. The lowest BCUT2D eigenvalue weighted by Crippen LogP contribution is -2.49. The van der Waals surface area contributed by atoms with Crippen LogP contribution in [0.15, 0.2) is 24.3 Å². The zero-order valence-corrected chi connectivity index (χ0v) is 12.4. The molecule has 5 nitrogen and oxygen atoms in total. The number of methoxy groups -OCH3 is 1. The molecule has 0 aliphatic carbocycles. The third-order valence-electron chi connectivity index (χ3n) is 4.24. The van der Waals surface area contributed by atoms with E-state index in [-0.39, 0.29) is 18.1 Å². The summed E-state index contributed by atoms with van der Waals surface area (Å²) in [6.07, 6.45) is 1.65. The number of ether oxygens (including phenoxy) is 2. The minimum absolute atomic E-state index is 0.0932. The van der Waals surface area contributed by atoms with Crippen LogP contribution in [-0.4, -0.2) is 50.3 Å². The molecule has 1 aromatic carbocycles. The summed E-state index contributed by atoms with van der Waals surface area (Å²) in [7, 11) is 1.67. The Morgan fingerprint density at radius 3 is 3.05 bits per heavy atom. The van der Waals surface area contributed by atoms with Gasteiger partial charge in [-0.2, -0.15) is 0 Å². The van der Waals surface area contributed by atoms with E-state index in [1.165, 1.54) is 0 Å². The Balaban J connectivity index is 1.80. The first kappa shape index (κ1) is 14.4. The molecule has 0 radical (unpaired) electrons. The van der Waals surface area contributed by atoms with Crippen molar-refractivity contribution in [2.45, 2.75) is 25.0 Å². The number of morpholine rings is 1. The highest BCUT2D eigenvalue weighted by molar-refractivity contribution is 5.82. The van der Waals surface area contributed by atoms with Gasteiger partial charge in [-0.25, -0.2) is 0 Å². The summed E-state index contributed by atoms with van der Waals surface area (Å²) in [6, 6.07) is 8.05. The predicted octanol–water partition coefficient (Wildman–Crippen LogP) is 1.35. The number of amides is 1. The first-order valence-corrected chi connectivity index (χ1v) is 7.57. The van der Waals surface area contributed by atoms with Gasteiger partial charge in [0.2, 0.25) is 0 Å². The quantitative estimate of drug-likeness (QED) is 0.913. The first-order valence-electron chi connectivity index (χ1n) is 7.57. The van der Waals surface area contributed by atoms with Crippen molar-refractivity contribution in [3.63, 3.8) is 0 Å². The Bertz CT molecular complexity index is 500. The van der Waals surface area contributed by atoms with Crippen LogP contribution in [0.5, 0.6) is 5.75 Å². The number of hydrogen-bond acceptors (Lipinski definition) is 4. The van der Waals surface area contributed by atoms with E-state index in [0.717, 1.165) is 37.2 Å². The molecule has 0 spiro atoms. The Labute approximate surface area is 125 Å². The van der Waals surface area contributed by atoms with Crippen molar-refractivity contribution in [1.82, 2.24) is 10.2 Å². The van der Waals surface area contributed by atoms with Crippen molar-refractivity contribution < 1.29 is 14.3 Å². The second-order valence-corrected chi connectivity index (χ2v) is 5.50. The minimum atomic E-state index is -0.353. The van der Waals surface area contributed by atoms with E-state index in [1.807, 2.05) is 23.1 Å². The number of carbonyl (C=O) groups is 1. The fraction of sp³-hybridized carbons (Fsp3) is 0.562. The average Bonchev–Trinajstić information content (AvgIpc) is 3.04. The predicted molar refractivity (Wildman–Crippen MR) is 79.3 cm³/mol. The van der Waals surface area contributed by atoms with Crippen molar-refractivity contribution >= 4 is 5.91 Å². The number of benzene rings is 1. The standard InChI is InChI=1S/C16H22N2O3/c1-20-14-7-3-2-5-12(14)13-6-4-9-18(13)16(19)15-11-17-8-10-21-15/h2-3,5,7,13,15,17H,4,6,8-11H2,1H3. The molecule has 0 aromatic heterocycles. The van der Waals surface area contributed by atoms with Crippen LogP contribution in [0.4, 0.5) is 0 Å². The van der Waals surface area contributed by atoms with E-state index in [4.69, 9.17) is 9.47 Å². The number of likely N-dealkylation sites (tertiary alicyclic amines) is 1. The van der Waals surface area contributed by atoms with Crippen LogP contribution in [0.25, 0.3) is 0 Å². The highest BCUT2D eigenvalue weighted by Gasteiger charge is 2.36. The van der Waals surface area contributed by atoms with Gasteiger partial charge in [-0.05, 0) is 18.9 Å². The van der Waals surface area contributed by atoms with Gasteiger partial charge in [0.05, 0.1) is 19.8 Å². The van der Waals surface area contributed by atoms with Crippen LogP contribution in [-0.2, 0) is 9.53 Å². The summed E-state index contributed by atoms with van der Waals surface area (Å²) in [4.78, 5) is 14.7. The van der Waals surface area contributed by atoms with Crippen LogP contribution in [0.1, 0.15) is 24.4 Å². The van der Waals surface area contributed by atoms with Gasteiger partial charge in [0.15, 0.2) is 0 Å². The smallest absolute Gasteiger partial charge is 0.253 e. The zero-order chi connectivity index (χ0) is 14.7. The molecular formula is C16H22N2O3. The molecule has 2 heterocycles. The van der Waals surface area contributed by atoms with Gasteiger partial charge in [0.25, 0.3) is 5.91 Å². The van der Waals surface area contributed by atoms with Gasteiger partial charge in [-0.3, -0.25) is 4.79 Å². The van der Waals surface area contributed by atoms with Gasteiger partial charge in [0.1, 0.15) is 11.9 Å². The normalized spacial score (nSPS) is 25.9. The van der Waals surface area contributed by atoms with Crippen molar-refractivity contribution in [2.24, 2.45) is 0 Å². The summed E-state index contributed by atoms with van der Waals surface area (Å²) in [5.41, 5.74) is 1.09. The largest absolute Gasteiger partial charge is 0.496 e. The van der Waals surface area contributed by atoms with Crippen molar-refractivity contribution in [3.8, 4) is 5.75 Å². The average molecular weight is 290 g/mol. The molecule has 5 heteroatoms. The number of hydrogen-bond donors (Lipinski definition) is 1. The molecule has 2 unspecified atom stereocenters. The number of nitrogens with one attached hydrogen (secondary N) is 1. The molecule has 114 valence electrons. The van der Waals surface area contributed by atoms with Gasteiger partial charge in [-0.1, -0.05) is 18.2 Å². The molecule has 2 aliphatic heterocycles. The lowest BCUT2D eigenvalue weighted by atomic mass is 10.0. The van der Waals surface area contributed by atoms with Gasteiger partial charge >= 0.3 is 0 Å². The van der Waals surface area contributed by atoms with E-state index in [2.05, 4.69) is 11.4 Å². The molecule has 2 aliphatic rings. The molecule has 2 atom stereocenters. The highest BCUT2D eigenvalue weighted by Crippen LogP contribution is 2.37. The molecule has 1 N–H and O–H groups in total. The van der Waals surface area contributed by atoms with E-state index in [9.17, 15) is 4.79 Å². The minimum Gasteiger partial charge on any atom is -0.496 e. The molecular weight excluding hydrogens is 268 g/mol. The maximum atomic E-state index is 12.7. The van der Waals surface area contributed by atoms with E-state index >= 15 is 0 Å². The van der Waals surface area contributed by atoms with Crippen LogP contribution in [0.2, 0.25) is 0 Å². The topological polar surface area (TPSA) is 50.8 Å². The third kappa shape index (κ3) is 2.89. The Morgan fingerprint density at radius 2 is 2.29 bits per heavy atom. The zero-order valence-electron chi connectivity index (χ0n) is 12.4. The number of nitrogens with zero attached hydrogens (tertiary/aromatic N) is 1. The lowest BCUT2D eigenvalue weighted by molar-refractivity contribution is -0.146. The summed E-state index contributed by atoms with van der Waals surface area (Å²) in [5.74, 6) is 0.945. The number of para-hydroxylation sites is 1. The molecule has 21 heavy (non-hydrogen) atoms. The summed E-state index contributed by atoms with van der Waals surface area (Å²) >= 11 is 0. The fourth-order valence-electron chi connectivity index (χ4n) is 3.20. The molecule has 2 fully saturated rings. The summed E-state index contributed by atoms with van der Waals surface area (Å²) in [5, 5.41) is 3.22. The third-order valence-corrected chi connectivity index (χ3v) is 4.24. The van der Waals surface area contributed by atoms with E-state index in [1.54, 1.807) is 7.11 Å². The first-order chi connectivity index (χ1) is 10.3. The van der Waals surface area contributed by atoms with Crippen molar-refractivity contribution in [1.29, 1.82) is 0 Å². The molecule has 0 saturated carbocycles. The summed E-state index contributed by atoms with van der Waals surface area (Å²) < 4.78 is 11.1. The maximum absolute atomic E-state index is 12.7.